The average molecular weight is 249 g/mol. The minimum atomic E-state index is -1.10. The third-order valence-corrected chi connectivity index (χ3v) is 2.46. The van der Waals surface area contributed by atoms with Gasteiger partial charge in [0, 0.05) is 13.2 Å². The number of carboxylic acid groups (broad SMARTS) is 1. The number of carbonyl (C=O) groups excluding carboxylic acids is 1. The van der Waals surface area contributed by atoms with Crippen molar-refractivity contribution < 1.29 is 14.7 Å². The SMILES string of the molecule is Cc1nn(C)c(-n2ccc(C(N)=O)n2)c1C(=O)O. The predicted molar refractivity (Wildman–Crippen MR) is 60.5 cm³/mol. The second kappa shape index (κ2) is 3.99. The van der Waals surface area contributed by atoms with Gasteiger partial charge in [0.2, 0.25) is 0 Å². The highest BCUT2D eigenvalue weighted by molar-refractivity contribution is 5.93. The number of primary amides is 1. The summed E-state index contributed by atoms with van der Waals surface area (Å²) in [5, 5.41) is 17.1. The summed E-state index contributed by atoms with van der Waals surface area (Å²) >= 11 is 0. The van der Waals surface area contributed by atoms with E-state index in [1.54, 1.807) is 14.0 Å². The largest absolute Gasteiger partial charge is 0.477 e. The number of nitrogens with zero attached hydrogens (tertiary/aromatic N) is 4. The van der Waals surface area contributed by atoms with E-state index in [-0.39, 0.29) is 17.1 Å². The molecule has 8 heteroatoms. The molecule has 2 aromatic rings. The van der Waals surface area contributed by atoms with Crippen molar-refractivity contribution in [3.8, 4) is 5.82 Å². The normalized spacial score (nSPS) is 10.6. The van der Waals surface area contributed by atoms with Gasteiger partial charge in [-0.15, -0.1) is 0 Å². The number of carboxylic acids is 1. The summed E-state index contributed by atoms with van der Waals surface area (Å²) in [4.78, 5) is 22.1. The van der Waals surface area contributed by atoms with E-state index in [0.29, 0.717) is 5.69 Å². The average Bonchev–Trinajstić information content (AvgIpc) is 2.81. The lowest BCUT2D eigenvalue weighted by atomic mass is 10.2. The molecule has 0 spiro atoms. The molecule has 0 fully saturated rings. The van der Waals surface area contributed by atoms with Gasteiger partial charge < -0.3 is 10.8 Å². The van der Waals surface area contributed by atoms with Crippen LogP contribution in [0.2, 0.25) is 0 Å². The predicted octanol–water partition coefficient (Wildman–Crippen LogP) is -0.289. The smallest absolute Gasteiger partial charge is 0.341 e. The number of hydrogen-bond donors (Lipinski definition) is 2. The zero-order valence-corrected chi connectivity index (χ0v) is 9.78. The summed E-state index contributed by atoms with van der Waals surface area (Å²) in [6, 6.07) is 1.41. The van der Waals surface area contributed by atoms with E-state index >= 15 is 0 Å². The summed E-state index contributed by atoms with van der Waals surface area (Å²) in [5.74, 6) is -1.51. The molecular formula is C10H11N5O3. The summed E-state index contributed by atoms with van der Waals surface area (Å²) < 4.78 is 2.65. The second-order valence-corrected chi connectivity index (χ2v) is 3.72. The maximum absolute atomic E-state index is 11.2. The van der Waals surface area contributed by atoms with Gasteiger partial charge in [-0.25, -0.2) is 14.2 Å². The maximum Gasteiger partial charge on any atom is 0.341 e. The molecule has 0 saturated heterocycles. The van der Waals surface area contributed by atoms with E-state index < -0.39 is 11.9 Å². The molecule has 8 nitrogen and oxygen atoms in total. The van der Waals surface area contributed by atoms with Crippen LogP contribution in [0.5, 0.6) is 0 Å². The topological polar surface area (TPSA) is 116 Å². The Bertz CT molecular complexity index is 640. The summed E-state index contributed by atoms with van der Waals surface area (Å²) in [6.07, 6.45) is 1.46. The standard InChI is InChI=1S/C10H11N5O3/c1-5-7(10(17)18)9(14(2)12-5)15-4-3-6(13-15)8(11)16/h3-4H,1-2H3,(H2,11,16)(H,17,18). The van der Waals surface area contributed by atoms with Gasteiger partial charge in [0.25, 0.3) is 5.91 Å². The minimum absolute atomic E-state index is 0.0385. The van der Waals surface area contributed by atoms with Crippen molar-refractivity contribution in [2.24, 2.45) is 12.8 Å². The Morgan fingerprint density at radius 3 is 2.56 bits per heavy atom. The van der Waals surface area contributed by atoms with Crippen molar-refractivity contribution in [2.45, 2.75) is 6.92 Å². The molecule has 0 atom stereocenters. The highest BCUT2D eigenvalue weighted by atomic mass is 16.4. The molecule has 3 N–H and O–H groups in total. The molecule has 0 aliphatic rings. The molecule has 0 saturated carbocycles. The van der Waals surface area contributed by atoms with Crippen LogP contribution in [0.25, 0.3) is 5.82 Å². The molecule has 0 unspecified atom stereocenters. The van der Waals surface area contributed by atoms with E-state index in [2.05, 4.69) is 10.2 Å². The van der Waals surface area contributed by atoms with Crippen molar-refractivity contribution in [1.29, 1.82) is 0 Å². The highest BCUT2D eigenvalue weighted by Crippen LogP contribution is 2.17. The van der Waals surface area contributed by atoms with Crippen molar-refractivity contribution >= 4 is 11.9 Å². The molecule has 0 bridgehead atoms. The number of hydrogen-bond acceptors (Lipinski definition) is 4. The van der Waals surface area contributed by atoms with Crippen LogP contribution < -0.4 is 5.73 Å². The molecule has 0 radical (unpaired) electrons. The van der Waals surface area contributed by atoms with Crippen LogP contribution in [-0.2, 0) is 7.05 Å². The van der Waals surface area contributed by atoms with Crippen molar-refractivity contribution in [2.75, 3.05) is 0 Å². The number of rotatable bonds is 3. The van der Waals surface area contributed by atoms with E-state index in [4.69, 9.17) is 10.8 Å². The third-order valence-electron chi connectivity index (χ3n) is 2.46. The number of aromatic nitrogens is 4. The fourth-order valence-electron chi connectivity index (χ4n) is 1.73. The molecule has 1 amide bonds. The number of nitrogens with two attached hydrogens (primary N) is 1. The quantitative estimate of drug-likeness (QED) is 0.775. The first-order valence-corrected chi connectivity index (χ1v) is 5.04. The first-order valence-electron chi connectivity index (χ1n) is 5.04. The highest BCUT2D eigenvalue weighted by Gasteiger charge is 2.22. The molecule has 2 rings (SSSR count). The van der Waals surface area contributed by atoms with E-state index in [1.165, 1.54) is 21.6 Å². The lowest BCUT2D eigenvalue weighted by Crippen LogP contribution is -2.14. The van der Waals surface area contributed by atoms with Crippen molar-refractivity contribution in [1.82, 2.24) is 19.6 Å². The third kappa shape index (κ3) is 1.73. The molecular weight excluding hydrogens is 238 g/mol. The van der Waals surface area contributed by atoms with Crippen LogP contribution in [0.15, 0.2) is 12.3 Å². The van der Waals surface area contributed by atoms with Gasteiger partial charge in [0.1, 0.15) is 11.3 Å². The van der Waals surface area contributed by atoms with Crippen LogP contribution in [0.4, 0.5) is 0 Å². The van der Waals surface area contributed by atoms with Gasteiger partial charge in [-0.3, -0.25) is 4.79 Å². The zero-order chi connectivity index (χ0) is 13.4. The van der Waals surface area contributed by atoms with Crippen molar-refractivity contribution in [3.05, 3.63) is 29.2 Å². The fourth-order valence-corrected chi connectivity index (χ4v) is 1.73. The van der Waals surface area contributed by atoms with Gasteiger partial charge in [-0.2, -0.15) is 10.2 Å². The molecule has 0 aliphatic heterocycles. The van der Waals surface area contributed by atoms with Crippen LogP contribution >= 0.6 is 0 Å². The van der Waals surface area contributed by atoms with Gasteiger partial charge in [0.05, 0.1) is 5.69 Å². The fraction of sp³-hybridized carbons (Fsp3) is 0.200. The molecule has 2 heterocycles. The maximum atomic E-state index is 11.2. The summed E-state index contributed by atoms with van der Waals surface area (Å²) in [5.41, 5.74) is 5.56. The van der Waals surface area contributed by atoms with Gasteiger partial charge >= 0.3 is 5.97 Å². The number of carbonyl (C=O) groups is 2. The lowest BCUT2D eigenvalue weighted by molar-refractivity contribution is 0.0695. The van der Waals surface area contributed by atoms with E-state index in [9.17, 15) is 9.59 Å². The molecule has 0 aromatic carbocycles. The first kappa shape index (κ1) is 11.8. The molecule has 18 heavy (non-hydrogen) atoms. The monoisotopic (exact) mass is 249 g/mol. The lowest BCUT2D eigenvalue weighted by Gasteiger charge is -2.03. The number of aromatic carboxylic acids is 1. The Balaban J connectivity index is 2.62. The second-order valence-electron chi connectivity index (χ2n) is 3.72. The van der Waals surface area contributed by atoms with Crippen LogP contribution in [-0.4, -0.2) is 36.5 Å². The van der Waals surface area contributed by atoms with Gasteiger partial charge in [-0.1, -0.05) is 0 Å². The van der Waals surface area contributed by atoms with Crippen LogP contribution in [0, 0.1) is 6.92 Å². The summed E-state index contributed by atoms with van der Waals surface area (Å²) in [6.45, 7) is 1.59. The van der Waals surface area contributed by atoms with E-state index in [1.807, 2.05) is 0 Å². The van der Waals surface area contributed by atoms with Crippen LogP contribution in [0.3, 0.4) is 0 Å². The Kier molecular flexibility index (Phi) is 2.62. The number of amides is 1. The zero-order valence-electron chi connectivity index (χ0n) is 9.78. The summed E-state index contributed by atoms with van der Waals surface area (Å²) in [7, 11) is 1.60. The Morgan fingerprint density at radius 2 is 2.06 bits per heavy atom. The molecule has 2 aromatic heterocycles. The number of aryl methyl sites for hydroxylation is 2. The van der Waals surface area contributed by atoms with Gasteiger partial charge in [-0.05, 0) is 13.0 Å². The first-order chi connectivity index (χ1) is 8.41. The molecule has 0 aliphatic carbocycles. The van der Waals surface area contributed by atoms with Crippen LogP contribution in [0.1, 0.15) is 26.5 Å². The Morgan fingerprint density at radius 1 is 1.39 bits per heavy atom. The minimum Gasteiger partial charge on any atom is -0.477 e. The van der Waals surface area contributed by atoms with Crippen molar-refractivity contribution in [3.63, 3.8) is 0 Å². The van der Waals surface area contributed by atoms with Gasteiger partial charge in [0.15, 0.2) is 5.82 Å². The van der Waals surface area contributed by atoms with E-state index in [0.717, 1.165) is 0 Å². The Labute approximate surface area is 102 Å². The Hall–Kier alpha value is -2.64. The molecule has 94 valence electrons.